The molecule has 4 aromatic rings. The van der Waals surface area contributed by atoms with Gasteiger partial charge < -0.3 is 9.47 Å². The fourth-order valence-corrected chi connectivity index (χ4v) is 5.10. The molecule has 0 saturated carbocycles. The van der Waals surface area contributed by atoms with Gasteiger partial charge in [-0.25, -0.2) is 9.78 Å². The van der Waals surface area contributed by atoms with Crippen LogP contribution in [0.2, 0.25) is 0 Å². The number of benzene rings is 1. The molecule has 13 heteroatoms. The summed E-state index contributed by atoms with van der Waals surface area (Å²) in [6, 6.07) is 7.72. The van der Waals surface area contributed by atoms with Crippen LogP contribution in [0, 0.1) is 6.92 Å². The smallest absolute Gasteiger partial charge is 0.315 e. The van der Waals surface area contributed by atoms with E-state index in [0.29, 0.717) is 23.1 Å². The van der Waals surface area contributed by atoms with E-state index in [2.05, 4.69) is 20.5 Å². The van der Waals surface area contributed by atoms with Gasteiger partial charge in [-0.3, -0.25) is 28.8 Å². The number of rotatable bonds is 5. The van der Waals surface area contributed by atoms with Crippen molar-refractivity contribution in [3.05, 3.63) is 62.0 Å². The summed E-state index contributed by atoms with van der Waals surface area (Å²) in [6.07, 6.45) is 1.67. The number of aromatic nitrogens is 6. The molecule has 12 nitrogen and oxygen atoms in total. The number of hydrogen-bond donors (Lipinski definition) is 1. The molecule has 1 N–H and O–H groups in total. The summed E-state index contributed by atoms with van der Waals surface area (Å²) in [6.45, 7) is 2.27. The maximum atomic E-state index is 12.7. The first kappa shape index (κ1) is 22.7. The van der Waals surface area contributed by atoms with Crippen LogP contribution in [-0.2, 0) is 30.2 Å². The highest BCUT2D eigenvalue weighted by Gasteiger charge is 2.34. The van der Waals surface area contributed by atoms with Gasteiger partial charge in [0.05, 0.1) is 6.33 Å². The Kier molecular flexibility index (Phi) is 5.55. The number of aryl methyl sites for hydroxylation is 2. The predicted octanol–water partition coefficient (Wildman–Crippen LogP) is 0.753. The second-order valence-electron chi connectivity index (χ2n) is 8.44. The summed E-state index contributed by atoms with van der Waals surface area (Å²) in [5, 5.41) is 11.9. The number of anilines is 2. The van der Waals surface area contributed by atoms with Crippen LogP contribution in [0.5, 0.6) is 0 Å². The van der Waals surface area contributed by atoms with Crippen LogP contribution < -0.4 is 21.5 Å². The average Bonchev–Trinajstić information content (AvgIpc) is 3.55. The van der Waals surface area contributed by atoms with Gasteiger partial charge in [0.2, 0.25) is 16.9 Å². The van der Waals surface area contributed by atoms with E-state index in [1.165, 1.54) is 40.9 Å². The highest BCUT2D eigenvalue weighted by molar-refractivity contribution is 7.15. The second-order valence-corrected chi connectivity index (χ2v) is 9.45. The van der Waals surface area contributed by atoms with Gasteiger partial charge in [0.1, 0.15) is 11.6 Å². The lowest BCUT2D eigenvalue weighted by atomic mass is 10.1. The van der Waals surface area contributed by atoms with Crippen molar-refractivity contribution in [3.63, 3.8) is 0 Å². The molecule has 1 fully saturated rings. The molecule has 5 rings (SSSR count). The zero-order chi connectivity index (χ0) is 24.9. The van der Waals surface area contributed by atoms with E-state index in [9.17, 15) is 19.2 Å². The Morgan fingerprint density at radius 2 is 1.91 bits per heavy atom. The number of amides is 2. The summed E-state index contributed by atoms with van der Waals surface area (Å²) in [5.74, 6) is -0.521. The van der Waals surface area contributed by atoms with Crippen molar-refractivity contribution in [3.8, 4) is 0 Å². The SMILES string of the molecule is Cc1ccccc1N1CC(c2nnc(NC(=O)Cn3cnc4c3c(=O)n(C)c(=O)n4C)s2)CC1=O. The van der Waals surface area contributed by atoms with E-state index in [0.717, 1.165) is 15.8 Å². The minimum Gasteiger partial charge on any atom is -0.315 e. The van der Waals surface area contributed by atoms with Crippen molar-refractivity contribution in [1.82, 2.24) is 28.9 Å². The van der Waals surface area contributed by atoms with Crippen molar-refractivity contribution in [2.24, 2.45) is 14.1 Å². The molecule has 1 aliphatic heterocycles. The molecule has 180 valence electrons. The fraction of sp³-hybridized carbons (Fsp3) is 0.318. The minimum atomic E-state index is -0.532. The molecule has 0 radical (unpaired) electrons. The summed E-state index contributed by atoms with van der Waals surface area (Å²) in [4.78, 5) is 55.8. The lowest BCUT2D eigenvalue weighted by Crippen LogP contribution is -2.37. The predicted molar refractivity (Wildman–Crippen MR) is 130 cm³/mol. The van der Waals surface area contributed by atoms with Crippen molar-refractivity contribution in [2.45, 2.75) is 25.8 Å². The standard InChI is InChI=1S/C22H22N8O4S/c1-12-6-4-5-7-14(12)30-9-13(8-16(30)32)19-25-26-21(35-19)24-15(31)10-29-11-23-18-17(29)20(33)28(3)22(34)27(18)2/h4-7,11,13H,8-10H2,1-3H3,(H,24,26,31). The Morgan fingerprint density at radius 1 is 1.14 bits per heavy atom. The zero-order valence-corrected chi connectivity index (χ0v) is 20.1. The highest BCUT2D eigenvalue weighted by Crippen LogP contribution is 2.35. The number of fused-ring (bicyclic) bond motifs is 1. The normalized spacial score (nSPS) is 15.8. The zero-order valence-electron chi connectivity index (χ0n) is 19.3. The van der Waals surface area contributed by atoms with Crippen molar-refractivity contribution < 1.29 is 9.59 Å². The number of carbonyl (C=O) groups is 2. The molecule has 1 aliphatic rings. The molecule has 0 bridgehead atoms. The number of carbonyl (C=O) groups excluding carboxylic acids is 2. The van der Waals surface area contributed by atoms with Gasteiger partial charge in [-0.05, 0) is 18.6 Å². The molecule has 3 aromatic heterocycles. The van der Waals surface area contributed by atoms with Crippen LogP contribution in [0.3, 0.4) is 0 Å². The van der Waals surface area contributed by atoms with Gasteiger partial charge in [0.15, 0.2) is 11.2 Å². The first-order valence-electron chi connectivity index (χ1n) is 10.8. The molecule has 4 heterocycles. The average molecular weight is 495 g/mol. The molecular formula is C22H22N8O4S. The minimum absolute atomic E-state index is 0.0213. The molecular weight excluding hydrogens is 472 g/mol. The lowest BCUT2D eigenvalue weighted by Gasteiger charge is -2.18. The molecule has 1 aromatic carbocycles. The van der Waals surface area contributed by atoms with Crippen LogP contribution in [0.15, 0.2) is 40.2 Å². The summed E-state index contributed by atoms with van der Waals surface area (Å²) in [5.41, 5.74) is 1.24. The summed E-state index contributed by atoms with van der Waals surface area (Å²) in [7, 11) is 2.89. The molecule has 0 aliphatic carbocycles. The first-order chi connectivity index (χ1) is 16.7. The maximum Gasteiger partial charge on any atom is 0.332 e. The number of hydrogen-bond acceptors (Lipinski definition) is 8. The summed E-state index contributed by atoms with van der Waals surface area (Å²) >= 11 is 1.22. The van der Waals surface area contributed by atoms with E-state index in [1.54, 1.807) is 4.90 Å². The van der Waals surface area contributed by atoms with Crippen LogP contribution in [0.25, 0.3) is 11.2 Å². The molecule has 2 amide bonds. The van der Waals surface area contributed by atoms with Crippen LogP contribution in [-0.4, -0.2) is 47.2 Å². The van der Waals surface area contributed by atoms with Gasteiger partial charge in [0.25, 0.3) is 5.56 Å². The Morgan fingerprint density at radius 3 is 2.69 bits per heavy atom. The molecule has 1 atom stereocenters. The topological polar surface area (TPSA) is 137 Å². The van der Waals surface area contributed by atoms with Crippen molar-refractivity contribution >= 4 is 45.1 Å². The fourth-order valence-electron chi connectivity index (χ4n) is 4.25. The van der Waals surface area contributed by atoms with E-state index in [4.69, 9.17) is 0 Å². The van der Waals surface area contributed by atoms with Gasteiger partial charge in [-0.15, -0.1) is 10.2 Å². The monoisotopic (exact) mass is 494 g/mol. The number of imidazole rings is 1. The Labute approximate surface area is 202 Å². The molecule has 1 saturated heterocycles. The lowest BCUT2D eigenvalue weighted by molar-refractivity contribution is -0.117. The number of nitrogens with zero attached hydrogens (tertiary/aromatic N) is 7. The van der Waals surface area contributed by atoms with Crippen LogP contribution >= 0.6 is 11.3 Å². The maximum absolute atomic E-state index is 12.7. The van der Waals surface area contributed by atoms with E-state index < -0.39 is 17.2 Å². The van der Waals surface area contributed by atoms with E-state index >= 15 is 0 Å². The molecule has 0 spiro atoms. The third kappa shape index (κ3) is 3.93. The van der Waals surface area contributed by atoms with Crippen LogP contribution in [0.1, 0.15) is 22.9 Å². The van der Waals surface area contributed by atoms with E-state index in [-0.39, 0.29) is 29.5 Å². The summed E-state index contributed by atoms with van der Waals surface area (Å²) < 4.78 is 3.62. The Bertz CT molecular complexity index is 1600. The Balaban J connectivity index is 1.30. The number of para-hydroxylation sites is 1. The molecule has 35 heavy (non-hydrogen) atoms. The van der Waals surface area contributed by atoms with Gasteiger partial charge >= 0.3 is 5.69 Å². The largest absolute Gasteiger partial charge is 0.332 e. The molecule has 1 unspecified atom stereocenters. The van der Waals surface area contributed by atoms with Crippen molar-refractivity contribution in [1.29, 1.82) is 0 Å². The highest BCUT2D eigenvalue weighted by atomic mass is 32.1. The van der Waals surface area contributed by atoms with Crippen molar-refractivity contribution in [2.75, 3.05) is 16.8 Å². The van der Waals surface area contributed by atoms with Gasteiger partial charge in [-0.1, -0.05) is 29.5 Å². The third-order valence-corrected chi connectivity index (χ3v) is 7.10. The second kappa shape index (κ2) is 8.58. The van der Waals surface area contributed by atoms with Crippen LogP contribution in [0.4, 0.5) is 10.8 Å². The number of nitrogens with one attached hydrogen (secondary N) is 1. The Hall–Kier alpha value is -4.13. The third-order valence-electron chi connectivity index (χ3n) is 6.10. The van der Waals surface area contributed by atoms with Gasteiger partial charge in [-0.2, -0.15) is 0 Å². The van der Waals surface area contributed by atoms with Gasteiger partial charge in [0, 0.05) is 38.7 Å². The first-order valence-corrected chi connectivity index (χ1v) is 11.7. The van der Waals surface area contributed by atoms with E-state index in [1.807, 2.05) is 31.2 Å². The quantitative estimate of drug-likeness (QED) is 0.432.